The molecule has 1 saturated heterocycles. The van der Waals surface area contributed by atoms with E-state index >= 15 is 0 Å². The molecule has 1 fully saturated rings. The normalized spacial score (nSPS) is 18.7. The second kappa shape index (κ2) is 5.63. The maximum absolute atomic E-state index is 5.97. The monoisotopic (exact) mass is 277 g/mol. The first-order chi connectivity index (χ1) is 9.31. The smallest absolute Gasteiger partial charge is 0.157 e. The second-order valence-electron chi connectivity index (χ2n) is 4.70. The third-order valence-electron chi connectivity index (χ3n) is 3.25. The summed E-state index contributed by atoms with van der Waals surface area (Å²) in [6, 6.07) is 8.05. The Morgan fingerprint density at radius 1 is 1.47 bits per heavy atom. The predicted molar refractivity (Wildman–Crippen MR) is 75.1 cm³/mol. The number of nitrogens with zero attached hydrogens (tertiary/aromatic N) is 2. The average Bonchev–Trinajstić information content (AvgIpc) is 3.08. The van der Waals surface area contributed by atoms with E-state index in [-0.39, 0.29) is 0 Å². The Kier molecular flexibility index (Phi) is 3.71. The topological polar surface area (TPSA) is 39.1 Å². The number of hydrogen-bond acceptors (Lipinski definition) is 3. The van der Waals surface area contributed by atoms with E-state index in [0.717, 1.165) is 18.0 Å². The van der Waals surface area contributed by atoms with Gasteiger partial charge in [-0.15, -0.1) is 0 Å². The van der Waals surface area contributed by atoms with Crippen molar-refractivity contribution in [3.63, 3.8) is 0 Å². The van der Waals surface area contributed by atoms with Crippen LogP contribution in [0.4, 0.5) is 0 Å². The third kappa shape index (κ3) is 3.08. The van der Waals surface area contributed by atoms with Crippen molar-refractivity contribution < 1.29 is 4.74 Å². The molecule has 5 heteroatoms. The van der Waals surface area contributed by atoms with Gasteiger partial charge in [0.15, 0.2) is 5.75 Å². The minimum Gasteiger partial charge on any atom is -0.489 e. The van der Waals surface area contributed by atoms with Gasteiger partial charge < -0.3 is 10.1 Å². The molecule has 2 aromatic rings. The first-order valence-electron chi connectivity index (χ1n) is 6.48. The van der Waals surface area contributed by atoms with Crippen molar-refractivity contribution in [2.45, 2.75) is 18.9 Å². The van der Waals surface area contributed by atoms with E-state index in [0.29, 0.717) is 17.7 Å². The predicted octanol–water partition coefficient (Wildman–Crippen LogP) is 2.66. The fourth-order valence-electron chi connectivity index (χ4n) is 2.24. The van der Waals surface area contributed by atoms with Gasteiger partial charge in [-0.05, 0) is 37.6 Å². The average molecular weight is 278 g/mol. The van der Waals surface area contributed by atoms with Crippen LogP contribution in [0.1, 0.15) is 12.8 Å². The minimum atomic E-state index is 0.467. The van der Waals surface area contributed by atoms with Crippen molar-refractivity contribution in [1.82, 2.24) is 15.1 Å². The Labute approximate surface area is 117 Å². The number of benzene rings is 1. The Morgan fingerprint density at radius 3 is 3.21 bits per heavy atom. The molecular formula is C14H16ClN3O. The molecule has 0 aliphatic carbocycles. The van der Waals surface area contributed by atoms with Gasteiger partial charge in [-0.1, -0.05) is 17.7 Å². The molecule has 1 aliphatic heterocycles. The van der Waals surface area contributed by atoms with Crippen LogP contribution in [0, 0.1) is 0 Å². The summed E-state index contributed by atoms with van der Waals surface area (Å²) in [5.74, 6) is 0.786. The van der Waals surface area contributed by atoms with Gasteiger partial charge in [-0.3, -0.25) is 0 Å². The van der Waals surface area contributed by atoms with E-state index in [9.17, 15) is 0 Å². The second-order valence-corrected chi connectivity index (χ2v) is 5.14. The molecule has 1 aromatic heterocycles. The molecule has 3 rings (SSSR count). The zero-order valence-electron chi connectivity index (χ0n) is 10.6. The summed E-state index contributed by atoms with van der Waals surface area (Å²) < 4.78 is 7.51. The lowest BCUT2D eigenvalue weighted by Gasteiger charge is -2.10. The van der Waals surface area contributed by atoms with E-state index in [1.165, 1.54) is 12.8 Å². The number of rotatable bonds is 4. The van der Waals surface area contributed by atoms with Crippen LogP contribution >= 0.6 is 11.6 Å². The molecule has 100 valence electrons. The lowest BCUT2D eigenvalue weighted by atomic mass is 10.2. The fourth-order valence-corrected chi connectivity index (χ4v) is 2.42. The number of ether oxygens (including phenoxy) is 1. The lowest BCUT2D eigenvalue weighted by Crippen LogP contribution is -2.28. The summed E-state index contributed by atoms with van der Waals surface area (Å²) in [5, 5.41) is 8.39. The van der Waals surface area contributed by atoms with Gasteiger partial charge in [-0.25, -0.2) is 4.68 Å². The van der Waals surface area contributed by atoms with Gasteiger partial charge in [0.2, 0.25) is 0 Å². The molecule has 1 aromatic carbocycles. The first-order valence-corrected chi connectivity index (χ1v) is 6.86. The Bertz CT molecular complexity index is 549. The van der Waals surface area contributed by atoms with Gasteiger partial charge in [0.25, 0.3) is 0 Å². The van der Waals surface area contributed by atoms with Gasteiger partial charge in [-0.2, -0.15) is 5.10 Å². The fraction of sp³-hybridized carbons (Fsp3) is 0.357. The van der Waals surface area contributed by atoms with Crippen LogP contribution in [0.25, 0.3) is 5.69 Å². The van der Waals surface area contributed by atoms with Crippen LogP contribution < -0.4 is 10.1 Å². The Hall–Kier alpha value is -1.52. The van der Waals surface area contributed by atoms with Crippen molar-refractivity contribution in [3.05, 3.63) is 41.7 Å². The zero-order valence-corrected chi connectivity index (χ0v) is 11.3. The molecular weight excluding hydrogens is 262 g/mol. The minimum absolute atomic E-state index is 0.467. The standard InChI is InChI=1S/C14H16ClN3O/c15-11-3-1-5-13(7-11)18-9-14(8-17-18)19-10-12-4-2-6-16-12/h1,3,5,7-9,12,16H,2,4,6,10H2. The van der Waals surface area contributed by atoms with E-state index in [4.69, 9.17) is 16.3 Å². The van der Waals surface area contributed by atoms with Crippen molar-refractivity contribution >= 4 is 11.6 Å². The molecule has 0 radical (unpaired) electrons. The van der Waals surface area contributed by atoms with Gasteiger partial charge in [0.1, 0.15) is 6.61 Å². The third-order valence-corrected chi connectivity index (χ3v) is 3.48. The summed E-state index contributed by atoms with van der Waals surface area (Å²) in [5.41, 5.74) is 0.932. The Balaban J connectivity index is 1.65. The molecule has 1 aliphatic rings. The molecule has 19 heavy (non-hydrogen) atoms. The molecule has 0 bridgehead atoms. The molecule has 2 heterocycles. The van der Waals surface area contributed by atoms with Crippen LogP contribution in [0.15, 0.2) is 36.7 Å². The number of halogens is 1. The SMILES string of the molecule is Clc1cccc(-n2cc(OCC3CCCN3)cn2)c1. The number of nitrogens with one attached hydrogen (secondary N) is 1. The first kappa shape index (κ1) is 12.5. The van der Waals surface area contributed by atoms with Gasteiger partial charge in [0, 0.05) is 11.1 Å². The summed E-state index contributed by atoms with van der Waals surface area (Å²) in [7, 11) is 0. The Morgan fingerprint density at radius 2 is 2.42 bits per heavy atom. The van der Waals surface area contributed by atoms with E-state index in [1.54, 1.807) is 10.9 Å². The molecule has 1 atom stereocenters. The highest BCUT2D eigenvalue weighted by atomic mass is 35.5. The van der Waals surface area contributed by atoms with Crippen molar-refractivity contribution in [2.24, 2.45) is 0 Å². The quantitative estimate of drug-likeness (QED) is 0.934. The van der Waals surface area contributed by atoms with Gasteiger partial charge >= 0.3 is 0 Å². The highest BCUT2D eigenvalue weighted by Crippen LogP contribution is 2.17. The van der Waals surface area contributed by atoms with Crippen LogP contribution in [0.2, 0.25) is 5.02 Å². The molecule has 1 N–H and O–H groups in total. The van der Waals surface area contributed by atoms with E-state index in [1.807, 2.05) is 30.5 Å². The lowest BCUT2D eigenvalue weighted by molar-refractivity contribution is 0.277. The van der Waals surface area contributed by atoms with Crippen LogP contribution in [-0.2, 0) is 0 Å². The molecule has 4 nitrogen and oxygen atoms in total. The van der Waals surface area contributed by atoms with E-state index in [2.05, 4.69) is 10.4 Å². The highest BCUT2D eigenvalue weighted by molar-refractivity contribution is 6.30. The zero-order chi connectivity index (χ0) is 13.1. The molecule has 0 spiro atoms. The highest BCUT2D eigenvalue weighted by Gasteiger charge is 2.14. The van der Waals surface area contributed by atoms with Gasteiger partial charge in [0.05, 0.1) is 18.1 Å². The van der Waals surface area contributed by atoms with Crippen LogP contribution in [-0.4, -0.2) is 29.0 Å². The summed E-state index contributed by atoms with van der Waals surface area (Å²) in [6.45, 7) is 1.79. The maximum atomic E-state index is 5.97. The van der Waals surface area contributed by atoms with Crippen molar-refractivity contribution in [3.8, 4) is 11.4 Å². The maximum Gasteiger partial charge on any atom is 0.157 e. The van der Waals surface area contributed by atoms with Crippen LogP contribution in [0.3, 0.4) is 0 Å². The van der Waals surface area contributed by atoms with Crippen LogP contribution in [0.5, 0.6) is 5.75 Å². The summed E-state index contributed by atoms with van der Waals surface area (Å²) in [4.78, 5) is 0. The number of aromatic nitrogens is 2. The molecule has 0 saturated carbocycles. The summed E-state index contributed by atoms with van der Waals surface area (Å²) in [6.07, 6.45) is 6.02. The largest absolute Gasteiger partial charge is 0.489 e. The van der Waals surface area contributed by atoms with Crippen molar-refractivity contribution in [2.75, 3.05) is 13.2 Å². The number of hydrogen-bond donors (Lipinski definition) is 1. The molecule has 1 unspecified atom stereocenters. The molecule has 0 amide bonds. The van der Waals surface area contributed by atoms with E-state index < -0.39 is 0 Å². The summed E-state index contributed by atoms with van der Waals surface area (Å²) >= 11 is 5.97. The van der Waals surface area contributed by atoms with Crippen molar-refractivity contribution in [1.29, 1.82) is 0 Å².